The Morgan fingerprint density at radius 2 is 1.73 bits per heavy atom. The maximum atomic E-state index is 14.3. The molecule has 6 rings (SSSR count). The predicted molar refractivity (Wildman–Crippen MR) is 174 cm³/mol. The number of carbonyl (C=O) groups excluding carboxylic acids is 1. The van der Waals surface area contributed by atoms with Gasteiger partial charge in [0.2, 0.25) is 0 Å². The minimum absolute atomic E-state index is 0.195. The molecule has 0 unspecified atom stereocenters. The van der Waals surface area contributed by atoms with Crippen LogP contribution in [0.15, 0.2) is 100 Å². The first-order chi connectivity index (χ1) is 21.3. The highest BCUT2D eigenvalue weighted by molar-refractivity contribution is 7.07. The molecule has 1 aliphatic heterocycles. The van der Waals surface area contributed by atoms with Gasteiger partial charge in [0.05, 0.1) is 35.6 Å². The number of aromatic nitrogens is 2. The lowest BCUT2D eigenvalue weighted by molar-refractivity contribution is -0.138. The van der Waals surface area contributed by atoms with Crippen molar-refractivity contribution in [3.63, 3.8) is 0 Å². The standard InChI is InChI=1S/C36H33N3O4S/c1-6-43-35(41)31-32(25-12-8-7-9-13-25)37-36-39(33(31)26-15-17-29(42-5)18-16-26)34(40)30(44-36)21-27-20-23(3)38(24(27)4)28-14-10-11-22(2)19-28/h7-21,33H,6H2,1-5H3/b30-21+/t33-/m1/s1. The molecule has 0 aliphatic carbocycles. The second kappa shape index (κ2) is 12.0. The monoisotopic (exact) mass is 603 g/mol. The number of fused-ring (bicyclic) bond motifs is 1. The Morgan fingerprint density at radius 1 is 0.977 bits per heavy atom. The molecule has 222 valence electrons. The van der Waals surface area contributed by atoms with E-state index in [0.717, 1.165) is 33.8 Å². The summed E-state index contributed by atoms with van der Waals surface area (Å²) < 4.78 is 15.3. The van der Waals surface area contributed by atoms with E-state index in [1.165, 1.54) is 16.9 Å². The van der Waals surface area contributed by atoms with Gasteiger partial charge in [0.15, 0.2) is 4.80 Å². The Balaban J connectivity index is 1.60. The third-order valence-corrected chi connectivity index (χ3v) is 8.80. The van der Waals surface area contributed by atoms with Crippen molar-refractivity contribution in [2.75, 3.05) is 13.7 Å². The van der Waals surface area contributed by atoms with Gasteiger partial charge in [-0.05, 0) is 80.8 Å². The summed E-state index contributed by atoms with van der Waals surface area (Å²) in [4.78, 5) is 33.4. The highest BCUT2D eigenvalue weighted by Gasteiger charge is 2.35. The van der Waals surface area contributed by atoms with Crippen LogP contribution in [0.5, 0.6) is 5.75 Å². The topological polar surface area (TPSA) is 74.8 Å². The van der Waals surface area contributed by atoms with Crippen molar-refractivity contribution in [2.24, 2.45) is 4.99 Å². The number of nitrogens with zero attached hydrogens (tertiary/aromatic N) is 3. The second-order valence-electron chi connectivity index (χ2n) is 10.7. The number of esters is 1. The molecule has 0 saturated heterocycles. The van der Waals surface area contributed by atoms with Crippen LogP contribution in [-0.4, -0.2) is 28.8 Å². The van der Waals surface area contributed by atoms with Crippen LogP contribution in [-0.2, 0) is 9.53 Å². The summed E-state index contributed by atoms with van der Waals surface area (Å²) in [6.45, 7) is 8.17. The fourth-order valence-electron chi connectivity index (χ4n) is 5.78. The molecule has 5 aromatic rings. The van der Waals surface area contributed by atoms with E-state index in [1.54, 1.807) is 18.6 Å². The minimum atomic E-state index is -0.742. The maximum absolute atomic E-state index is 14.3. The van der Waals surface area contributed by atoms with Crippen LogP contribution in [0.1, 0.15) is 46.6 Å². The summed E-state index contributed by atoms with van der Waals surface area (Å²) in [7, 11) is 1.60. The lowest BCUT2D eigenvalue weighted by Crippen LogP contribution is -2.40. The Bertz CT molecular complexity index is 2080. The number of thiazole rings is 1. The van der Waals surface area contributed by atoms with Gasteiger partial charge in [0.25, 0.3) is 5.56 Å². The molecular formula is C36H33N3O4S. The summed E-state index contributed by atoms with van der Waals surface area (Å²) in [5.74, 6) is 0.168. The van der Waals surface area contributed by atoms with E-state index >= 15 is 0 Å². The van der Waals surface area contributed by atoms with Crippen molar-refractivity contribution in [1.29, 1.82) is 0 Å². The summed E-state index contributed by atoms with van der Waals surface area (Å²) in [5, 5.41) is 0. The van der Waals surface area contributed by atoms with E-state index in [-0.39, 0.29) is 12.2 Å². The molecule has 2 aromatic heterocycles. The Hall–Kier alpha value is -4.95. The number of hydrogen-bond acceptors (Lipinski definition) is 6. The fraction of sp³-hybridized carbons (Fsp3) is 0.194. The molecule has 44 heavy (non-hydrogen) atoms. The average molecular weight is 604 g/mol. The van der Waals surface area contributed by atoms with Gasteiger partial charge in [0.1, 0.15) is 5.75 Å². The normalized spacial score (nSPS) is 14.8. The third kappa shape index (κ3) is 5.22. The first kappa shape index (κ1) is 29.1. The fourth-order valence-corrected chi connectivity index (χ4v) is 6.77. The third-order valence-electron chi connectivity index (χ3n) is 7.82. The van der Waals surface area contributed by atoms with Crippen molar-refractivity contribution in [3.05, 3.63) is 144 Å². The number of rotatable bonds is 7. The number of ether oxygens (including phenoxy) is 2. The number of carbonyl (C=O) groups is 1. The highest BCUT2D eigenvalue weighted by Crippen LogP contribution is 2.35. The Kier molecular flexibility index (Phi) is 7.93. The Morgan fingerprint density at radius 3 is 2.41 bits per heavy atom. The average Bonchev–Trinajstić information content (AvgIpc) is 3.50. The van der Waals surface area contributed by atoms with Crippen LogP contribution in [0.4, 0.5) is 0 Å². The second-order valence-corrected chi connectivity index (χ2v) is 11.7. The molecule has 0 amide bonds. The van der Waals surface area contributed by atoms with Crippen molar-refractivity contribution in [3.8, 4) is 11.4 Å². The summed E-state index contributed by atoms with van der Waals surface area (Å²) in [5.41, 5.74) is 7.42. The minimum Gasteiger partial charge on any atom is -0.497 e. The molecule has 1 aliphatic rings. The molecule has 0 spiro atoms. The van der Waals surface area contributed by atoms with Crippen LogP contribution in [0, 0.1) is 20.8 Å². The van der Waals surface area contributed by atoms with Crippen molar-refractivity contribution < 1.29 is 14.3 Å². The molecule has 0 saturated carbocycles. The highest BCUT2D eigenvalue weighted by atomic mass is 32.1. The number of methoxy groups -OCH3 is 1. The quantitative estimate of drug-likeness (QED) is 0.225. The van der Waals surface area contributed by atoms with Crippen molar-refractivity contribution in [1.82, 2.24) is 9.13 Å². The molecule has 0 radical (unpaired) electrons. The van der Waals surface area contributed by atoms with Gasteiger partial charge in [0, 0.05) is 22.6 Å². The predicted octanol–water partition coefficient (Wildman–Crippen LogP) is 5.66. The summed E-state index contributed by atoms with van der Waals surface area (Å²) >= 11 is 1.32. The van der Waals surface area contributed by atoms with Crippen LogP contribution in [0.3, 0.4) is 0 Å². The first-order valence-corrected chi connectivity index (χ1v) is 15.3. The van der Waals surface area contributed by atoms with Gasteiger partial charge < -0.3 is 14.0 Å². The zero-order valence-electron chi connectivity index (χ0n) is 25.3. The first-order valence-electron chi connectivity index (χ1n) is 14.5. The molecule has 3 aromatic carbocycles. The zero-order valence-corrected chi connectivity index (χ0v) is 26.1. The molecule has 0 N–H and O–H groups in total. The smallest absolute Gasteiger partial charge is 0.338 e. The molecule has 3 heterocycles. The lowest BCUT2D eigenvalue weighted by Gasteiger charge is -2.26. The van der Waals surface area contributed by atoms with Crippen LogP contribution in [0.2, 0.25) is 0 Å². The van der Waals surface area contributed by atoms with Crippen LogP contribution < -0.4 is 19.6 Å². The molecule has 1 atom stereocenters. The Labute approximate surface area is 259 Å². The van der Waals surface area contributed by atoms with Crippen molar-refractivity contribution in [2.45, 2.75) is 33.7 Å². The van der Waals surface area contributed by atoms with Gasteiger partial charge >= 0.3 is 5.97 Å². The van der Waals surface area contributed by atoms with E-state index in [1.807, 2.05) is 66.7 Å². The van der Waals surface area contributed by atoms with E-state index < -0.39 is 12.0 Å². The molecule has 0 bridgehead atoms. The van der Waals surface area contributed by atoms with E-state index in [9.17, 15) is 9.59 Å². The SMILES string of the molecule is CCOC(=O)C1=C(c2ccccc2)N=c2s/c(=C/c3cc(C)n(-c4cccc(C)c4)c3C)c(=O)n2[C@@H]1c1ccc(OC)cc1. The molecular weight excluding hydrogens is 570 g/mol. The zero-order chi connectivity index (χ0) is 31.0. The van der Waals surface area contributed by atoms with Crippen LogP contribution in [0.25, 0.3) is 17.5 Å². The van der Waals surface area contributed by atoms with Gasteiger partial charge in [-0.1, -0.05) is 65.9 Å². The molecule has 0 fully saturated rings. The maximum Gasteiger partial charge on any atom is 0.338 e. The van der Waals surface area contributed by atoms with Gasteiger partial charge in [-0.25, -0.2) is 9.79 Å². The van der Waals surface area contributed by atoms with Gasteiger partial charge in [-0.2, -0.15) is 0 Å². The number of benzene rings is 3. The van der Waals surface area contributed by atoms with Gasteiger partial charge in [-0.3, -0.25) is 9.36 Å². The largest absolute Gasteiger partial charge is 0.497 e. The molecule has 7 nitrogen and oxygen atoms in total. The number of hydrogen-bond donors (Lipinski definition) is 0. The van der Waals surface area contributed by atoms with Crippen molar-refractivity contribution >= 4 is 29.1 Å². The van der Waals surface area contributed by atoms with E-state index in [2.05, 4.69) is 49.6 Å². The summed E-state index contributed by atoms with van der Waals surface area (Å²) in [6, 6.07) is 26.7. The van der Waals surface area contributed by atoms with E-state index in [4.69, 9.17) is 14.5 Å². The lowest BCUT2D eigenvalue weighted by atomic mass is 9.93. The number of aryl methyl sites for hydroxylation is 2. The summed E-state index contributed by atoms with van der Waals surface area (Å²) in [6.07, 6.45) is 1.93. The van der Waals surface area contributed by atoms with Crippen LogP contribution >= 0.6 is 11.3 Å². The van der Waals surface area contributed by atoms with Gasteiger partial charge in [-0.15, -0.1) is 0 Å². The van der Waals surface area contributed by atoms with E-state index in [0.29, 0.717) is 26.4 Å². The molecule has 8 heteroatoms.